The number of hydrogen-bond acceptors (Lipinski definition) is 4. The number of para-hydroxylation sites is 1. The van der Waals surface area contributed by atoms with Gasteiger partial charge in [0, 0.05) is 13.0 Å². The highest BCUT2D eigenvalue weighted by Gasteiger charge is 2.33. The number of benzene rings is 1. The topological polar surface area (TPSA) is 62.3 Å². The van der Waals surface area contributed by atoms with Gasteiger partial charge in [-0.3, -0.25) is 9.59 Å². The molecule has 1 aromatic carbocycles. The number of likely N-dealkylation sites (tertiary alicyclic amines) is 1. The Kier molecular flexibility index (Phi) is 4.61. The average molecular weight is 331 g/mol. The van der Waals surface area contributed by atoms with Crippen molar-refractivity contribution in [1.29, 1.82) is 0 Å². The fourth-order valence-corrected chi connectivity index (χ4v) is 3.97. The maximum absolute atomic E-state index is 12.6. The van der Waals surface area contributed by atoms with Gasteiger partial charge < -0.3 is 10.2 Å². The monoisotopic (exact) mass is 331 g/mol. The Hall–Kier alpha value is -1.95. The lowest BCUT2D eigenvalue weighted by Crippen LogP contribution is -2.43. The Morgan fingerprint density at radius 2 is 2.26 bits per heavy atom. The molecule has 122 valence electrons. The Labute approximate surface area is 139 Å². The molecule has 2 heterocycles. The van der Waals surface area contributed by atoms with E-state index in [-0.39, 0.29) is 17.9 Å². The van der Waals surface area contributed by atoms with E-state index >= 15 is 0 Å². The number of thiazole rings is 1. The Bertz CT molecular complexity index is 741. The second-order valence-corrected chi connectivity index (χ2v) is 6.96. The molecule has 0 bridgehead atoms. The summed E-state index contributed by atoms with van der Waals surface area (Å²) in [5.74, 6) is -0.0473. The molecule has 1 N–H and O–H groups in total. The molecule has 1 unspecified atom stereocenters. The summed E-state index contributed by atoms with van der Waals surface area (Å²) in [6, 6.07) is 5.64. The first-order valence-electron chi connectivity index (χ1n) is 8.06. The number of aromatic nitrogens is 1. The van der Waals surface area contributed by atoms with Gasteiger partial charge in [-0.2, -0.15) is 0 Å². The van der Waals surface area contributed by atoms with Crippen LogP contribution in [0.1, 0.15) is 38.2 Å². The maximum Gasteiger partial charge on any atom is 0.248 e. The molecule has 3 rings (SSSR count). The van der Waals surface area contributed by atoms with Gasteiger partial charge in [0.2, 0.25) is 11.8 Å². The molecule has 2 aromatic rings. The van der Waals surface area contributed by atoms with Crippen molar-refractivity contribution in [1.82, 2.24) is 9.88 Å². The SMILES string of the molecule is CCCC(=O)N1CCCC1C(=O)Nc1nc2c(C)cccc2s1. The Morgan fingerprint density at radius 3 is 3.00 bits per heavy atom. The number of anilines is 1. The van der Waals surface area contributed by atoms with E-state index in [1.165, 1.54) is 11.3 Å². The van der Waals surface area contributed by atoms with Crippen molar-refractivity contribution in [3.8, 4) is 0 Å². The van der Waals surface area contributed by atoms with Crippen molar-refractivity contribution in [2.45, 2.75) is 45.6 Å². The van der Waals surface area contributed by atoms with Crippen molar-refractivity contribution in [2.75, 3.05) is 11.9 Å². The molecule has 5 nitrogen and oxygen atoms in total. The first-order chi connectivity index (χ1) is 11.1. The summed E-state index contributed by atoms with van der Waals surface area (Å²) in [7, 11) is 0. The molecule has 0 radical (unpaired) electrons. The number of nitrogens with one attached hydrogen (secondary N) is 1. The molecule has 1 fully saturated rings. The third kappa shape index (κ3) is 3.22. The van der Waals surface area contributed by atoms with Gasteiger partial charge in [0.1, 0.15) is 6.04 Å². The zero-order chi connectivity index (χ0) is 16.4. The average Bonchev–Trinajstić information content (AvgIpc) is 3.14. The summed E-state index contributed by atoms with van der Waals surface area (Å²) >= 11 is 1.47. The fraction of sp³-hybridized carbons (Fsp3) is 0.471. The highest BCUT2D eigenvalue weighted by molar-refractivity contribution is 7.22. The second-order valence-electron chi connectivity index (χ2n) is 5.93. The molecule has 6 heteroatoms. The molecule has 23 heavy (non-hydrogen) atoms. The van der Waals surface area contributed by atoms with Gasteiger partial charge in [0.05, 0.1) is 10.2 Å². The van der Waals surface area contributed by atoms with Crippen molar-refractivity contribution >= 4 is 38.5 Å². The summed E-state index contributed by atoms with van der Waals surface area (Å²) in [6.45, 7) is 4.66. The van der Waals surface area contributed by atoms with E-state index in [1.54, 1.807) is 4.90 Å². The van der Waals surface area contributed by atoms with Gasteiger partial charge in [-0.25, -0.2) is 4.98 Å². The second kappa shape index (κ2) is 6.66. The van der Waals surface area contributed by atoms with E-state index in [4.69, 9.17) is 0 Å². The van der Waals surface area contributed by atoms with E-state index in [0.717, 1.165) is 35.0 Å². The molecule has 1 aliphatic rings. The molecular weight excluding hydrogens is 310 g/mol. The quantitative estimate of drug-likeness (QED) is 0.934. The van der Waals surface area contributed by atoms with Gasteiger partial charge in [0.25, 0.3) is 0 Å². The van der Waals surface area contributed by atoms with Gasteiger partial charge in [-0.15, -0.1) is 0 Å². The predicted octanol–water partition coefficient (Wildman–Crippen LogP) is 3.33. The van der Waals surface area contributed by atoms with Crippen LogP contribution in [0.4, 0.5) is 5.13 Å². The first-order valence-corrected chi connectivity index (χ1v) is 8.88. The highest BCUT2D eigenvalue weighted by Crippen LogP contribution is 2.29. The predicted molar refractivity (Wildman–Crippen MR) is 92.6 cm³/mol. The molecule has 1 atom stereocenters. The number of nitrogens with zero attached hydrogens (tertiary/aromatic N) is 2. The molecule has 1 saturated heterocycles. The summed E-state index contributed by atoms with van der Waals surface area (Å²) in [5, 5.41) is 3.51. The largest absolute Gasteiger partial charge is 0.331 e. The van der Waals surface area contributed by atoms with Gasteiger partial charge in [-0.05, 0) is 37.8 Å². The lowest BCUT2D eigenvalue weighted by Gasteiger charge is -2.23. The standard InChI is InChI=1S/C17H21N3O2S/c1-3-6-14(21)20-10-5-8-12(20)16(22)19-17-18-15-11(2)7-4-9-13(15)23-17/h4,7,9,12H,3,5-6,8,10H2,1-2H3,(H,18,19,22). The molecule has 0 saturated carbocycles. The van der Waals surface area contributed by atoms with Gasteiger partial charge in [0.15, 0.2) is 5.13 Å². The van der Waals surface area contributed by atoms with Crippen molar-refractivity contribution < 1.29 is 9.59 Å². The molecule has 2 amide bonds. The van der Waals surface area contributed by atoms with Crippen molar-refractivity contribution in [3.05, 3.63) is 23.8 Å². The van der Waals surface area contributed by atoms with Crippen LogP contribution >= 0.6 is 11.3 Å². The summed E-state index contributed by atoms with van der Waals surface area (Å²) in [5.41, 5.74) is 2.03. The van der Waals surface area contributed by atoms with E-state index in [0.29, 0.717) is 18.1 Å². The highest BCUT2D eigenvalue weighted by atomic mass is 32.1. The summed E-state index contributed by atoms with van der Waals surface area (Å²) in [4.78, 5) is 30.9. The number of hydrogen-bond donors (Lipinski definition) is 1. The fourth-order valence-electron chi connectivity index (χ4n) is 3.02. The summed E-state index contributed by atoms with van der Waals surface area (Å²) in [6.07, 6.45) is 2.92. The van der Waals surface area contributed by atoms with Gasteiger partial charge in [-0.1, -0.05) is 30.4 Å². The molecule has 1 aromatic heterocycles. The number of carbonyl (C=O) groups excluding carboxylic acids is 2. The van der Waals surface area contributed by atoms with Crippen LogP contribution in [0, 0.1) is 6.92 Å². The normalized spacial score (nSPS) is 17.7. The van der Waals surface area contributed by atoms with Crippen LogP contribution in [0.3, 0.4) is 0 Å². The molecule has 1 aliphatic heterocycles. The number of rotatable bonds is 4. The zero-order valence-electron chi connectivity index (χ0n) is 13.5. The van der Waals surface area contributed by atoms with Crippen LogP contribution in [-0.2, 0) is 9.59 Å². The minimum atomic E-state index is -0.359. The third-order valence-electron chi connectivity index (χ3n) is 4.19. The van der Waals surface area contributed by atoms with Crippen molar-refractivity contribution in [2.24, 2.45) is 0 Å². The number of fused-ring (bicyclic) bond motifs is 1. The third-order valence-corrected chi connectivity index (χ3v) is 5.13. The minimum absolute atomic E-state index is 0.0743. The van der Waals surface area contributed by atoms with E-state index in [1.807, 2.05) is 32.0 Å². The van der Waals surface area contributed by atoms with Gasteiger partial charge >= 0.3 is 0 Å². The summed E-state index contributed by atoms with van der Waals surface area (Å²) < 4.78 is 1.06. The van der Waals surface area contributed by atoms with Crippen LogP contribution in [0.25, 0.3) is 10.2 Å². The molecular formula is C17H21N3O2S. The first kappa shape index (κ1) is 15.9. The van der Waals surface area contributed by atoms with Crippen LogP contribution in [0.2, 0.25) is 0 Å². The lowest BCUT2D eigenvalue weighted by atomic mass is 10.2. The van der Waals surface area contributed by atoms with Crippen LogP contribution in [-0.4, -0.2) is 34.3 Å². The van der Waals surface area contributed by atoms with Crippen LogP contribution < -0.4 is 5.32 Å². The maximum atomic E-state index is 12.6. The lowest BCUT2D eigenvalue weighted by molar-refractivity contribution is -0.136. The van der Waals surface area contributed by atoms with E-state index < -0.39 is 0 Å². The van der Waals surface area contributed by atoms with Crippen molar-refractivity contribution in [3.63, 3.8) is 0 Å². The molecule has 0 spiro atoms. The Balaban J connectivity index is 1.74. The van der Waals surface area contributed by atoms with Crippen LogP contribution in [0.5, 0.6) is 0 Å². The number of carbonyl (C=O) groups is 2. The van der Waals surface area contributed by atoms with Crippen LogP contribution in [0.15, 0.2) is 18.2 Å². The smallest absolute Gasteiger partial charge is 0.248 e. The van der Waals surface area contributed by atoms with E-state index in [2.05, 4.69) is 10.3 Å². The number of aryl methyl sites for hydroxylation is 1. The van der Waals surface area contributed by atoms with E-state index in [9.17, 15) is 9.59 Å². The number of amides is 2. The Morgan fingerprint density at radius 1 is 1.43 bits per heavy atom. The molecule has 0 aliphatic carbocycles. The zero-order valence-corrected chi connectivity index (χ0v) is 14.3. The minimum Gasteiger partial charge on any atom is -0.331 e.